The van der Waals surface area contributed by atoms with Crippen molar-refractivity contribution in [1.29, 1.82) is 0 Å². The Labute approximate surface area is 83.5 Å². The predicted molar refractivity (Wildman–Crippen MR) is 55.7 cm³/mol. The van der Waals surface area contributed by atoms with Crippen molar-refractivity contribution in [2.24, 2.45) is 5.41 Å². The van der Waals surface area contributed by atoms with Crippen LogP contribution in [-0.4, -0.2) is 19.4 Å². The summed E-state index contributed by atoms with van der Waals surface area (Å²) in [5, 5.41) is 0. The maximum atomic E-state index is 10.5. The van der Waals surface area contributed by atoms with Gasteiger partial charge >= 0.3 is 0 Å². The molecule has 2 fully saturated rings. The van der Waals surface area contributed by atoms with Gasteiger partial charge in [0.05, 0.1) is 0 Å². The molecule has 0 amide bonds. The fourth-order valence-electron chi connectivity index (χ4n) is 2.20. The van der Waals surface area contributed by atoms with Crippen molar-refractivity contribution >= 4 is 12.0 Å². The van der Waals surface area contributed by atoms with Gasteiger partial charge in [-0.05, 0) is 37.1 Å². The highest BCUT2D eigenvalue weighted by atomic mass is 16.1. The molecular formula is C12H13NO. The standard InChI is InChI=1S/C12H13NO/c14-7-10-1-3-11(4-2-10)13-8-12(9-13)5-6-12/h1-4,7H,5-6,8-9H2. The maximum absolute atomic E-state index is 10.5. The van der Waals surface area contributed by atoms with Crippen LogP contribution in [0.2, 0.25) is 0 Å². The summed E-state index contributed by atoms with van der Waals surface area (Å²) in [5.41, 5.74) is 2.71. The molecule has 0 bridgehead atoms. The molecule has 1 heterocycles. The Kier molecular flexibility index (Phi) is 1.49. The van der Waals surface area contributed by atoms with Crippen LogP contribution in [0.3, 0.4) is 0 Å². The second-order valence-electron chi connectivity index (χ2n) is 4.57. The molecule has 2 heteroatoms. The molecule has 2 aliphatic rings. The molecule has 2 nitrogen and oxygen atoms in total. The Morgan fingerprint density at radius 1 is 1.14 bits per heavy atom. The number of hydrogen-bond acceptors (Lipinski definition) is 2. The minimum atomic E-state index is 0.698. The van der Waals surface area contributed by atoms with E-state index in [4.69, 9.17) is 0 Å². The molecule has 0 atom stereocenters. The number of anilines is 1. The second kappa shape index (κ2) is 2.59. The van der Waals surface area contributed by atoms with E-state index < -0.39 is 0 Å². The molecule has 1 aliphatic heterocycles. The normalized spacial score (nSPS) is 21.9. The Bertz CT molecular complexity index is 356. The maximum Gasteiger partial charge on any atom is 0.150 e. The summed E-state index contributed by atoms with van der Waals surface area (Å²) >= 11 is 0. The van der Waals surface area contributed by atoms with Gasteiger partial charge in [0.15, 0.2) is 0 Å². The van der Waals surface area contributed by atoms with Crippen LogP contribution in [0, 0.1) is 5.41 Å². The summed E-state index contributed by atoms with van der Waals surface area (Å²) in [6, 6.07) is 7.86. The van der Waals surface area contributed by atoms with E-state index in [0.29, 0.717) is 5.41 Å². The Balaban J connectivity index is 1.74. The molecule has 3 rings (SSSR count). The lowest BCUT2D eigenvalue weighted by Crippen LogP contribution is -2.48. The third-order valence-corrected chi connectivity index (χ3v) is 3.40. The highest BCUT2D eigenvalue weighted by Crippen LogP contribution is 2.53. The highest BCUT2D eigenvalue weighted by Gasteiger charge is 2.52. The van der Waals surface area contributed by atoms with E-state index >= 15 is 0 Å². The van der Waals surface area contributed by atoms with Crippen molar-refractivity contribution in [2.75, 3.05) is 18.0 Å². The molecule has 0 aromatic heterocycles. The molecular weight excluding hydrogens is 174 g/mol. The molecule has 1 aromatic rings. The van der Waals surface area contributed by atoms with Crippen molar-refractivity contribution in [3.8, 4) is 0 Å². The van der Waals surface area contributed by atoms with Gasteiger partial charge in [0.1, 0.15) is 6.29 Å². The van der Waals surface area contributed by atoms with Crippen molar-refractivity contribution in [3.05, 3.63) is 29.8 Å². The second-order valence-corrected chi connectivity index (χ2v) is 4.57. The van der Waals surface area contributed by atoms with Gasteiger partial charge in [0.25, 0.3) is 0 Å². The first-order chi connectivity index (χ1) is 6.81. The molecule has 1 saturated carbocycles. The summed E-state index contributed by atoms with van der Waals surface area (Å²) in [5.74, 6) is 0. The van der Waals surface area contributed by atoms with Gasteiger partial charge in [-0.2, -0.15) is 0 Å². The topological polar surface area (TPSA) is 20.3 Å². The number of benzene rings is 1. The van der Waals surface area contributed by atoms with Crippen LogP contribution in [-0.2, 0) is 0 Å². The van der Waals surface area contributed by atoms with Crippen molar-refractivity contribution in [2.45, 2.75) is 12.8 Å². The quantitative estimate of drug-likeness (QED) is 0.661. The van der Waals surface area contributed by atoms with E-state index in [0.717, 1.165) is 11.8 Å². The average Bonchev–Trinajstić information content (AvgIpc) is 2.96. The average molecular weight is 187 g/mol. The molecule has 1 aromatic carbocycles. The fraction of sp³-hybridized carbons (Fsp3) is 0.417. The minimum absolute atomic E-state index is 0.698. The van der Waals surface area contributed by atoms with Crippen LogP contribution in [0.5, 0.6) is 0 Å². The lowest BCUT2D eigenvalue weighted by Gasteiger charge is -2.41. The molecule has 72 valence electrons. The van der Waals surface area contributed by atoms with Gasteiger partial charge in [-0.15, -0.1) is 0 Å². The van der Waals surface area contributed by atoms with Crippen LogP contribution in [0.1, 0.15) is 23.2 Å². The number of hydrogen-bond donors (Lipinski definition) is 0. The first kappa shape index (κ1) is 8.04. The first-order valence-electron chi connectivity index (χ1n) is 5.12. The van der Waals surface area contributed by atoms with E-state index in [1.807, 2.05) is 24.3 Å². The zero-order valence-electron chi connectivity index (χ0n) is 8.07. The monoisotopic (exact) mass is 187 g/mol. The van der Waals surface area contributed by atoms with Crippen molar-refractivity contribution in [1.82, 2.24) is 0 Å². The molecule has 1 aliphatic carbocycles. The summed E-state index contributed by atoms with van der Waals surface area (Å²) in [7, 11) is 0. The minimum Gasteiger partial charge on any atom is -0.370 e. The summed E-state index contributed by atoms with van der Waals surface area (Å²) in [6.45, 7) is 2.43. The lowest BCUT2D eigenvalue weighted by atomic mass is 9.96. The molecule has 0 N–H and O–H groups in total. The Morgan fingerprint density at radius 3 is 2.29 bits per heavy atom. The van der Waals surface area contributed by atoms with E-state index in [2.05, 4.69) is 4.90 Å². The molecule has 0 radical (unpaired) electrons. The van der Waals surface area contributed by atoms with Gasteiger partial charge in [-0.25, -0.2) is 0 Å². The third-order valence-electron chi connectivity index (χ3n) is 3.40. The number of carbonyl (C=O) groups excluding carboxylic acids is 1. The van der Waals surface area contributed by atoms with Crippen LogP contribution in [0.25, 0.3) is 0 Å². The van der Waals surface area contributed by atoms with Crippen molar-refractivity contribution < 1.29 is 4.79 Å². The number of carbonyl (C=O) groups is 1. The molecule has 0 unspecified atom stereocenters. The Hall–Kier alpha value is -1.31. The molecule has 1 saturated heterocycles. The van der Waals surface area contributed by atoms with Crippen molar-refractivity contribution in [3.63, 3.8) is 0 Å². The number of rotatable bonds is 2. The Morgan fingerprint density at radius 2 is 1.79 bits per heavy atom. The summed E-state index contributed by atoms with van der Waals surface area (Å²) < 4.78 is 0. The fourth-order valence-corrected chi connectivity index (χ4v) is 2.20. The molecule has 1 spiro atoms. The molecule has 14 heavy (non-hydrogen) atoms. The zero-order chi connectivity index (χ0) is 9.60. The van der Waals surface area contributed by atoms with Gasteiger partial charge < -0.3 is 4.90 Å². The largest absolute Gasteiger partial charge is 0.370 e. The first-order valence-corrected chi connectivity index (χ1v) is 5.12. The van der Waals surface area contributed by atoms with E-state index in [-0.39, 0.29) is 0 Å². The zero-order valence-corrected chi connectivity index (χ0v) is 8.07. The van der Waals surface area contributed by atoms with Crippen LogP contribution < -0.4 is 4.90 Å². The number of aldehydes is 1. The third kappa shape index (κ3) is 1.14. The highest BCUT2D eigenvalue weighted by molar-refractivity contribution is 5.75. The summed E-state index contributed by atoms with van der Waals surface area (Å²) in [4.78, 5) is 12.9. The number of nitrogens with zero attached hydrogens (tertiary/aromatic N) is 1. The van der Waals surface area contributed by atoms with E-state index in [9.17, 15) is 4.79 Å². The SMILES string of the molecule is O=Cc1ccc(N2CC3(CC3)C2)cc1. The van der Waals surface area contributed by atoms with E-state index in [1.165, 1.54) is 31.6 Å². The van der Waals surface area contributed by atoms with E-state index in [1.54, 1.807) is 0 Å². The van der Waals surface area contributed by atoms with Crippen LogP contribution in [0.4, 0.5) is 5.69 Å². The lowest BCUT2D eigenvalue weighted by molar-refractivity contribution is 0.112. The summed E-state index contributed by atoms with van der Waals surface area (Å²) in [6.07, 6.45) is 3.72. The predicted octanol–water partition coefficient (Wildman–Crippen LogP) is 2.10. The van der Waals surface area contributed by atoms with Gasteiger partial charge in [-0.3, -0.25) is 4.79 Å². The van der Waals surface area contributed by atoms with Gasteiger partial charge in [-0.1, -0.05) is 0 Å². The smallest absolute Gasteiger partial charge is 0.150 e. The van der Waals surface area contributed by atoms with Crippen LogP contribution in [0.15, 0.2) is 24.3 Å². The van der Waals surface area contributed by atoms with Crippen LogP contribution >= 0.6 is 0 Å². The van der Waals surface area contributed by atoms with Gasteiger partial charge in [0, 0.05) is 29.8 Å². The van der Waals surface area contributed by atoms with Gasteiger partial charge in [0.2, 0.25) is 0 Å².